The van der Waals surface area contributed by atoms with Gasteiger partial charge < -0.3 is 15.5 Å². The van der Waals surface area contributed by atoms with Crippen molar-refractivity contribution in [2.45, 2.75) is 13.3 Å². The quantitative estimate of drug-likeness (QED) is 0.458. The average Bonchev–Trinajstić information content (AvgIpc) is 2.55. The first kappa shape index (κ1) is 19.6. The summed E-state index contributed by atoms with van der Waals surface area (Å²) in [5.41, 5.74) is 2.91. The third-order valence-corrected chi connectivity index (χ3v) is 3.74. The SMILES string of the molecule is C/C(CC(=O)Nc1ccc(Cl)cc1Cl)=N\NC(=O)c1ccc(O)cc1O. The molecule has 0 spiro atoms. The highest BCUT2D eigenvalue weighted by Gasteiger charge is 2.12. The standard InChI is InChI=1S/C17H15Cl2N3O4/c1-9(6-16(25)20-14-5-2-10(18)7-13(14)19)21-22-17(26)12-4-3-11(23)8-15(12)24/h2-5,7-8,23-24H,6H2,1H3,(H,20,25)(H,22,26)/b21-9+. The summed E-state index contributed by atoms with van der Waals surface area (Å²) >= 11 is 11.8. The first-order valence-electron chi connectivity index (χ1n) is 7.36. The van der Waals surface area contributed by atoms with Crippen molar-refractivity contribution in [3.05, 3.63) is 52.0 Å². The third-order valence-electron chi connectivity index (χ3n) is 3.20. The number of anilines is 1. The van der Waals surface area contributed by atoms with Crippen LogP contribution in [0.1, 0.15) is 23.7 Å². The fourth-order valence-electron chi connectivity index (χ4n) is 1.98. The van der Waals surface area contributed by atoms with E-state index in [0.29, 0.717) is 21.4 Å². The van der Waals surface area contributed by atoms with Gasteiger partial charge in [0, 0.05) is 16.8 Å². The van der Waals surface area contributed by atoms with Crippen molar-refractivity contribution >= 4 is 46.4 Å². The zero-order valence-corrected chi connectivity index (χ0v) is 15.1. The van der Waals surface area contributed by atoms with E-state index < -0.39 is 5.91 Å². The number of carbonyl (C=O) groups is 2. The van der Waals surface area contributed by atoms with Crippen molar-refractivity contribution in [3.63, 3.8) is 0 Å². The van der Waals surface area contributed by atoms with Crippen LogP contribution in [0.4, 0.5) is 5.69 Å². The second kappa shape index (κ2) is 8.55. The smallest absolute Gasteiger partial charge is 0.275 e. The molecule has 4 N–H and O–H groups in total. The summed E-state index contributed by atoms with van der Waals surface area (Å²) in [5.74, 6) is -1.61. The minimum Gasteiger partial charge on any atom is -0.508 e. The molecule has 0 radical (unpaired) electrons. The number of rotatable bonds is 5. The normalized spacial score (nSPS) is 11.1. The Balaban J connectivity index is 1.94. The van der Waals surface area contributed by atoms with Gasteiger partial charge in [-0.15, -0.1) is 0 Å². The fraction of sp³-hybridized carbons (Fsp3) is 0.118. The van der Waals surface area contributed by atoms with Gasteiger partial charge in [-0.2, -0.15) is 5.10 Å². The number of nitrogens with one attached hydrogen (secondary N) is 2. The second-order valence-corrected chi connectivity index (χ2v) is 6.18. The van der Waals surface area contributed by atoms with Crippen molar-refractivity contribution in [2.75, 3.05) is 5.32 Å². The summed E-state index contributed by atoms with van der Waals surface area (Å²) in [6.07, 6.45) is -0.0825. The lowest BCUT2D eigenvalue weighted by Crippen LogP contribution is -2.21. The zero-order valence-electron chi connectivity index (χ0n) is 13.6. The molecule has 136 valence electrons. The van der Waals surface area contributed by atoms with Crippen molar-refractivity contribution in [1.29, 1.82) is 0 Å². The Bertz CT molecular complexity index is 884. The Morgan fingerprint density at radius 1 is 1.12 bits per heavy atom. The monoisotopic (exact) mass is 395 g/mol. The first-order chi connectivity index (χ1) is 12.3. The molecule has 7 nitrogen and oxygen atoms in total. The molecule has 26 heavy (non-hydrogen) atoms. The number of carbonyl (C=O) groups excluding carboxylic acids is 2. The van der Waals surface area contributed by atoms with Gasteiger partial charge in [-0.3, -0.25) is 9.59 Å². The van der Waals surface area contributed by atoms with E-state index in [-0.39, 0.29) is 29.4 Å². The maximum absolute atomic E-state index is 12.0. The van der Waals surface area contributed by atoms with E-state index in [2.05, 4.69) is 15.8 Å². The zero-order chi connectivity index (χ0) is 19.3. The van der Waals surface area contributed by atoms with Crippen LogP contribution in [0.25, 0.3) is 0 Å². The minimum atomic E-state index is -0.678. The maximum atomic E-state index is 12.0. The largest absolute Gasteiger partial charge is 0.508 e. The van der Waals surface area contributed by atoms with Gasteiger partial charge in [0.15, 0.2) is 0 Å². The molecule has 0 fully saturated rings. The number of hydrogen-bond donors (Lipinski definition) is 4. The van der Waals surface area contributed by atoms with E-state index in [1.807, 2.05) is 0 Å². The van der Waals surface area contributed by atoms with Gasteiger partial charge in [-0.1, -0.05) is 23.2 Å². The third kappa shape index (κ3) is 5.37. The van der Waals surface area contributed by atoms with E-state index in [0.717, 1.165) is 6.07 Å². The van der Waals surface area contributed by atoms with Crippen molar-refractivity contribution in [1.82, 2.24) is 5.43 Å². The average molecular weight is 396 g/mol. The predicted octanol–water partition coefficient (Wildman–Crippen LogP) is 3.54. The van der Waals surface area contributed by atoms with E-state index in [9.17, 15) is 19.8 Å². The van der Waals surface area contributed by atoms with E-state index in [1.165, 1.54) is 18.2 Å². The lowest BCUT2D eigenvalue weighted by molar-refractivity contribution is -0.115. The van der Waals surface area contributed by atoms with Crippen LogP contribution < -0.4 is 10.7 Å². The van der Waals surface area contributed by atoms with Crippen LogP contribution >= 0.6 is 23.2 Å². The predicted molar refractivity (Wildman–Crippen MR) is 100 cm³/mol. The van der Waals surface area contributed by atoms with E-state index in [1.54, 1.807) is 19.1 Å². The Labute approximate surface area is 159 Å². The molecule has 2 aromatic rings. The van der Waals surface area contributed by atoms with Gasteiger partial charge in [-0.05, 0) is 37.3 Å². The molecule has 0 heterocycles. The highest BCUT2D eigenvalue weighted by atomic mass is 35.5. The van der Waals surface area contributed by atoms with Crippen molar-refractivity contribution in [3.8, 4) is 11.5 Å². The Hall–Kier alpha value is -2.77. The second-order valence-electron chi connectivity index (χ2n) is 5.34. The van der Waals surface area contributed by atoms with Crippen molar-refractivity contribution < 1.29 is 19.8 Å². The lowest BCUT2D eigenvalue weighted by Gasteiger charge is -2.08. The Morgan fingerprint density at radius 3 is 2.50 bits per heavy atom. The van der Waals surface area contributed by atoms with Crippen LogP contribution in [0.3, 0.4) is 0 Å². The number of phenolic OH excluding ortho intramolecular Hbond substituents is 2. The van der Waals surface area contributed by atoms with Crippen LogP contribution in [0.15, 0.2) is 41.5 Å². The first-order valence-corrected chi connectivity index (χ1v) is 8.12. The summed E-state index contributed by atoms with van der Waals surface area (Å²) < 4.78 is 0. The van der Waals surface area contributed by atoms with Gasteiger partial charge >= 0.3 is 0 Å². The summed E-state index contributed by atoms with van der Waals surface area (Å²) in [6.45, 7) is 1.56. The van der Waals surface area contributed by atoms with E-state index in [4.69, 9.17) is 23.2 Å². The number of aromatic hydroxyl groups is 2. The molecule has 0 aliphatic rings. The molecule has 0 aliphatic carbocycles. The van der Waals surface area contributed by atoms with E-state index >= 15 is 0 Å². The molecule has 0 saturated carbocycles. The molecule has 0 atom stereocenters. The van der Waals surface area contributed by atoms with Crippen molar-refractivity contribution in [2.24, 2.45) is 5.10 Å². The van der Waals surface area contributed by atoms with Gasteiger partial charge in [0.25, 0.3) is 5.91 Å². The number of hydrazone groups is 1. The highest BCUT2D eigenvalue weighted by molar-refractivity contribution is 6.36. The minimum absolute atomic E-state index is 0.0586. The number of hydrogen-bond acceptors (Lipinski definition) is 5. The number of halogens is 2. The molecule has 0 unspecified atom stereocenters. The summed E-state index contributed by atoms with van der Waals surface area (Å²) in [4.78, 5) is 23.9. The molecular formula is C17H15Cl2N3O4. The maximum Gasteiger partial charge on any atom is 0.275 e. The fourth-order valence-corrected chi connectivity index (χ4v) is 2.43. The molecule has 0 saturated heterocycles. The molecule has 0 aromatic heterocycles. The van der Waals surface area contributed by atoms with Crippen LogP contribution in [0.2, 0.25) is 10.0 Å². The van der Waals surface area contributed by atoms with Gasteiger partial charge in [0.05, 0.1) is 22.7 Å². The number of phenols is 2. The topological polar surface area (TPSA) is 111 Å². The van der Waals surface area contributed by atoms with Crippen LogP contribution in [-0.2, 0) is 4.79 Å². The molecule has 9 heteroatoms. The number of nitrogens with zero attached hydrogens (tertiary/aromatic N) is 1. The van der Waals surface area contributed by atoms with Gasteiger partial charge in [0.2, 0.25) is 5.91 Å². The van der Waals surface area contributed by atoms with Crippen LogP contribution in [0.5, 0.6) is 11.5 Å². The molecule has 2 amide bonds. The summed E-state index contributed by atoms with van der Waals surface area (Å²) in [7, 11) is 0. The molecule has 0 bridgehead atoms. The summed E-state index contributed by atoms with van der Waals surface area (Å²) in [6, 6.07) is 8.21. The number of amides is 2. The lowest BCUT2D eigenvalue weighted by atomic mass is 10.2. The molecular weight excluding hydrogens is 381 g/mol. The summed E-state index contributed by atoms with van der Waals surface area (Å²) in [5, 5.41) is 26.0. The Morgan fingerprint density at radius 2 is 1.85 bits per heavy atom. The number of benzene rings is 2. The Kier molecular flexibility index (Phi) is 6.43. The highest BCUT2D eigenvalue weighted by Crippen LogP contribution is 2.25. The molecule has 2 rings (SSSR count). The molecule has 0 aliphatic heterocycles. The molecule has 2 aromatic carbocycles. The van der Waals surface area contributed by atoms with Gasteiger partial charge in [-0.25, -0.2) is 5.43 Å². The van der Waals surface area contributed by atoms with Crippen LogP contribution in [-0.4, -0.2) is 27.7 Å². The van der Waals surface area contributed by atoms with Crippen LogP contribution in [0, 0.1) is 0 Å². The van der Waals surface area contributed by atoms with Gasteiger partial charge in [0.1, 0.15) is 11.5 Å².